The minimum absolute atomic E-state index is 0.0925. The van der Waals surface area contributed by atoms with Crippen LogP contribution in [0, 0.1) is 5.92 Å². The lowest BCUT2D eigenvalue weighted by atomic mass is 10.0. The zero-order chi connectivity index (χ0) is 20.4. The SMILES string of the molecule is CC(C)CC(=O)Nc1nc2n(n1)[C@@H](c1ccccc1)C=C(c1ccc(Cl)cc1)N2. The van der Waals surface area contributed by atoms with Gasteiger partial charge in [-0.1, -0.05) is 67.9 Å². The van der Waals surface area contributed by atoms with E-state index < -0.39 is 0 Å². The highest BCUT2D eigenvalue weighted by Crippen LogP contribution is 2.33. The van der Waals surface area contributed by atoms with E-state index in [0.717, 1.165) is 16.8 Å². The second kappa shape index (κ2) is 8.09. The molecule has 4 rings (SSSR count). The van der Waals surface area contributed by atoms with E-state index >= 15 is 0 Å². The molecule has 1 atom stereocenters. The first-order chi connectivity index (χ1) is 14.0. The van der Waals surface area contributed by atoms with E-state index in [9.17, 15) is 4.79 Å². The number of anilines is 2. The molecule has 1 amide bonds. The number of aromatic nitrogens is 3. The minimum Gasteiger partial charge on any atom is -0.324 e. The second-order valence-electron chi connectivity index (χ2n) is 7.42. The molecule has 0 saturated carbocycles. The maximum Gasteiger partial charge on any atom is 0.250 e. The van der Waals surface area contributed by atoms with Gasteiger partial charge in [0.05, 0.1) is 0 Å². The fourth-order valence-electron chi connectivity index (χ4n) is 3.28. The van der Waals surface area contributed by atoms with Gasteiger partial charge in [0.15, 0.2) is 0 Å². The molecule has 3 aromatic rings. The Bertz CT molecular complexity index is 1040. The number of amides is 1. The average Bonchev–Trinajstić information content (AvgIpc) is 3.10. The maximum atomic E-state index is 12.2. The quantitative estimate of drug-likeness (QED) is 0.626. The van der Waals surface area contributed by atoms with E-state index in [0.29, 0.717) is 23.3 Å². The van der Waals surface area contributed by atoms with Crippen LogP contribution in [0.2, 0.25) is 5.02 Å². The molecule has 29 heavy (non-hydrogen) atoms. The predicted molar refractivity (Wildman–Crippen MR) is 116 cm³/mol. The van der Waals surface area contributed by atoms with Crippen molar-refractivity contribution < 1.29 is 4.79 Å². The van der Waals surface area contributed by atoms with Crippen LogP contribution in [-0.2, 0) is 4.79 Å². The third kappa shape index (κ3) is 4.32. The molecule has 1 aliphatic heterocycles. The van der Waals surface area contributed by atoms with Gasteiger partial charge in [-0.3, -0.25) is 10.1 Å². The number of rotatable bonds is 5. The van der Waals surface area contributed by atoms with Gasteiger partial charge in [-0.25, -0.2) is 4.68 Å². The number of nitrogens with one attached hydrogen (secondary N) is 2. The molecule has 0 unspecified atom stereocenters. The molecule has 1 aromatic heterocycles. The summed E-state index contributed by atoms with van der Waals surface area (Å²) in [6.07, 6.45) is 2.52. The normalized spacial score (nSPS) is 15.4. The van der Waals surface area contributed by atoms with Gasteiger partial charge in [0, 0.05) is 17.1 Å². The standard InChI is InChI=1S/C22H22ClN5O/c1-14(2)12-20(29)25-21-26-22-24-18(15-8-10-17(23)11-9-15)13-19(28(22)27-21)16-6-4-3-5-7-16/h3-11,13-14,19H,12H2,1-2H3,(H2,24,25,26,27,29)/t19-/m1/s1. The Morgan fingerprint density at radius 3 is 2.59 bits per heavy atom. The number of nitrogens with zero attached hydrogens (tertiary/aromatic N) is 3. The van der Waals surface area contributed by atoms with Crippen molar-refractivity contribution in [3.63, 3.8) is 0 Å². The molecular weight excluding hydrogens is 386 g/mol. The topological polar surface area (TPSA) is 71.8 Å². The van der Waals surface area contributed by atoms with Crippen molar-refractivity contribution in [1.82, 2.24) is 14.8 Å². The number of benzene rings is 2. The molecule has 148 valence electrons. The molecule has 0 radical (unpaired) electrons. The summed E-state index contributed by atoms with van der Waals surface area (Å²) in [4.78, 5) is 16.7. The molecule has 2 N–H and O–H groups in total. The van der Waals surface area contributed by atoms with E-state index in [-0.39, 0.29) is 17.9 Å². The van der Waals surface area contributed by atoms with E-state index in [4.69, 9.17) is 11.6 Å². The number of hydrogen-bond donors (Lipinski definition) is 2. The summed E-state index contributed by atoms with van der Waals surface area (Å²) in [6, 6.07) is 17.5. The van der Waals surface area contributed by atoms with Gasteiger partial charge in [0.2, 0.25) is 11.9 Å². The van der Waals surface area contributed by atoms with E-state index in [1.165, 1.54) is 0 Å². The molecule has 0 aliphatic carbocycles. The fourth-order valence-corrected chi connectivity index (χ4v) is 3.40. The first-order valence-electron chi connectivity index (χ1n) is 9.55. The summed E-state index contributed by atoms with van der Waals surface area (Å²) in [5.74, 6) is 1.04. The molecule has 0 saturated heterocycles. The molecule has 2 aromatic carbocycles. The molecular formula is C22H22ClN5O. The highest BCUT2D eigenvalue weighted by Gasteiger charge is 2.25. The number of hydrogen-bond acceptors (Lipinski definition) is 4. The Hall–Kier alpha value is -3.12. The van der Waals surface area contributed by atoms with Crippen molar-refractivity contribution >= 4 is 35.1 Å². The van der Waals surface area contributed by atoms with Gasteiger partial charge >= 0.3 is 0 Å². The summed E-state index contributed by atoms with van der Waals surface area (Å²) >= 11 is 6.04. The van der Waals surface area contributed by atoms with Crippen molar-refractivity contribution in [2.24, 2.45) is 5.92 Å². The molecule has 1 aliphatic rings. The fraction of sp³-hybridized carbons (Fsp3) is 0.227. The summed E-state index contributed by atoms with van der Waals surface area (Å²) < 4.78 is 1.79. The van der Waals surface area contributed by atoms with Crippen LogP contribution < -0.4 is 10.6 Å². The van der Waals surface area contributed by atoms with Gasteiger partial charge in [0.1, 0.15) is 6.04 Å². The largest absolute Gasteiger partial charge is 0.324 e. The van der Waals surface area contributed by atoms with Crippen LogP contribution >= 0.6 is 11.6 Å². The minimum atomic E-state index is -0.152. The highest BCUT2D eigenvalue weighted by molar-refractivity contribution is 6.30. The third-order valence-corrected chi connectivity index (χ3v) is 4.86. The Morgan fingerprint density at radius 2 is 1.90 bits per heavy atom. The van der Waals surface area contributed by atoms with Crippen LogP contribution in [0.15, 0.2) is 60.7 Å². The van der Waals surface area contributed by atoms with Crippen LogP contribution in [0.3, 0.4) is 0 Å². The number of carbonyl (C=O) groups is 1. The van der Waals surface area contributed by atoms with Gasteiger partial charge < -0.3 is 5.32 Å². The molecule has 6 nitrogen and oxygen atoms in total. The molecule has 0 fully saturated rings. The van der Waals surface area contributed by atoms with Gasteiger partial charge in [-0.2, -0.15) is 4.98 Å². The Labute approximate surface area is 174 Å². The monoisotopic (exact) mass is 407 g/mol. The number of carbonyl (C=O) groups excluding carboxylic acids is 1. The number of fused-ring (bicyclic) bond motifs is 1. The lowest BCUT2D eigenvalue weighted by molar-refractivity contribution is -0.116. The maximum absolute atomic E-state index is 12.2. The zero-order valence-corrected chi connectivity index (χ0v) is 17.0. The molecule has 2 heterocycles. The van der Waals surface area contributed by atoms with Crippen molar-refractivity contribution in [3.05, 3.63) is 76.8 Å². The molecule has 7 heteroatoms. The van der Waals surface area contributed by atoms with E-state index in [1.54, 1.807) is 4.68 Å². The Morgan fingerprint density at radius 1 is 1.17 bits per heavy atom. The van der Waals surface area contributed by atoms with Crippen molar-refractivity contribution in [2.45, 2.75) is 26.3 Å². The zero-order valence-electron chi connectivity index (χ0n) is 16.3. The summed E-state index contributed by atoms with van der Waals surface area (Å²) in [5.41, 5.74) is 2.98. The lowest BCUT2D eigenvalue weighted by Crippen LogP contribution is -2.20. The molecule has 0 bridgehead atoms. The van der Waals surface area contributed by atoms with E-state index in [1.807, 2.05) is 56.3 Å². The molecule has 0 spiro atoms. The van der Waals surface area contributed by atoms with Crippen molar-refractivity contribution in [3.8, 4) is 0 Å². The van der Waals surface area contributed by atoms with Crippen molar-refractivity contribution in [1.29, 1.82) is 0 Å². The van der Waals surface area contributed by atoms with Crippen LogP contribution in [0.25, 0.3) is 5.70 Å². The summed E-state index contributed by atoms with van der Waals surface area (Å²) in [5, 5.41) is 11.4. The lowest BCUT2D eigenvalue weighted by Gasteiger charge is -2.24. The average molecular weight is 408 g/mol. The first-order valence-corrected chi connectivity index (χ1v) is 9.93. The van der Waals surface area contributed by atoms with Crippen LogP contribution in [-0.4, -0.2) is 20.7 Å². The van der Waals surface area contributed by atoms with Gasteiger partial charge in [-0.05, 0) is 35.3 Å². The highest BCUT2D eigenvalue weighted by atomic mass is 35.5. The van der Waals surface area contributed by atoms with Gasteiger partial charge in [-0.15, -0.1) is 5.10 Å². The van der Waals surface area contributed by atoms with Crippen LogP contribution in [0.5, 0.6) is 0 Å². The third-order valence-electron chi connectivity index (χ3n) is 4.61. The Balaban J connectivity index is 1.70. The smallest absolute Gasteiger partial charge is 0.250 e. The van der Waals surface area contributed by atoms with Crippen molar-refractivity contribution in [2.75, 3.05) is 10.6 Å². The van der Waals surface area contributed by atoms with Crippen LogP contribution in [0.1, 0.15) is 37.4 Å². The first kappa shape index (κ1) is 19.2. The second-order valence-corrected chi connectivity index (χ2v) is 7.85. The van der Waals surface area contributed by atoms with E-state index in [2.05, 4.69) is 38.9 Å². The number of halogens is 1. The van der Waals surface area contributed by atoms with Gasteiger partial charge in [0.25, 0.3) is 5.95 Å². The summed E-state index contributed by atoms with van der Waals surface area (Å²) in [7, 11) is 0. The Kier molecular flexibility index (Phi) is 5.36. The summed E-state index contributed by atoms with van der Waals surface area (Å²) in [6.45, 7) is 4.00. The number of allylic oxidation sites excluding steroid dienone is 1. The van der Waals surface area contributed by atoms with Crippen LogP contribution in [0.4, 0.5) is 11.9 Å². The predicted octanol–water partition coefficient (Wildman–Crippen LogP) is 4.97.